The van der Waals surface area contributed by atoms with E-state index < -0.39 is 0 Å². The predicted octanol–water partition coefficient (Wildman–Crippen LogP) is 4.05. The van der Waals surface area contributed by atoms with E-state index in [0.29, 0.717) is 11.3 Å². The van der Waals surface area contributed by atoms with Crippen LogP contribution in [-0.2, 0) is 0 Å². The quantitative estimate of drug-likeness (QED) is 0.764. The van der Waals surface area contributed by atoms with E-state index in [1.807, 2.05) is 0 Å². The van der Waals surface area contributed by atoms with Gasteiger partial charge in [0.05, 0.1) is 5.69 Å². The van der Waals surface area contributed by atoms with Crippen molar-refractivity contribution < 1.29 is 0 Å². The molecule has 0 amide bonds. The van der Waals surface area contributed by atoms with Gasteiger partial charge in [-0.15, -0.1) is 0 Å². The van der Waals surface area contributed by atoms with Crippen LogP contribution in [0, 0.1) is 25.2 Å². The lowest BCUT2D eigenvalue weighted by Crippen LogP contribution is -2.57. The second-order valence-electron chi connectivity index (χ2n) is 8.08. The second-order valence-corrected chi connectivity index (χ2v) is 8.47. The number of rotatable bonds is 1. The summed E-state index contributed by atoms with van der Waals surface area (Å²) in [6.45, 7) is 11.3. The average molecular weight is 318 g/mol. The summed E-state index contributed by atoms with van der Waals surface area (Å²) in [6.07, 6.45) is 3.47. The minimum absolute atomic E-state index is 0.100. The maximum atomic E-state index is 5.62. The molecule has 1 aromatic carbocycles. The molecule has 0 bridgehead atoms. The van der Waals surface area contributed by atoms with E-state index in [9.17, 15) is 0 Å². The Balaban J connectivity index is 1.88. The normalized spacial score (nSPS) is 30.7. The lowest BCUT2D eigenvalue weighted by molar-refractivity contribution is 0.0828. The highest BCUT2D eigenvalue weighted by atomic mass is 32.1. The third-order valence-corrected chi connectivity index (χ3v) is 5.29. The molecule has 1 aliphatic heterocycles. The van der Waals surface area contributed by atoms with E-state index in [0.717, 1.165) is 23.6 Å². The summed E-state index contributed by atoms with van der Waals surface area (Å²) in [6, 6.07) is 6.50. The van der Waals surface area contributed by atoms with Crippen molar-refractivity contribution in [3.8, 4) is 0 Å². The third-order valence-electron chi connectivity index (χ3n) is 5.00. The molecule has 2 unspecified atom stereocenters. The van der Waals surface area contributed by atoms with Gasteiger partial charge in [0.15, 0.2) is 5.11 Å². The van der Waals surface area contributed by atoms with Crippen molar-refractivity contribution in [1.29, 1.82) is 0 Å². The number of hydrazine groups is 1. The van der Waals surface area contributed by atoms with Crippen LogP contribution < -0.4 is 15.8 Å². The zero-order valence-corrected chi connectivity index (χ0v) is 15.1. The minimum Gasteiger partial charge on any atom is -0.342 e. The predicted molar refractivity (Wildman–Crippen MR) is 96.8 cm³/mol. The van der Waals surface area contributed by atoms with Gasteiger partial charge >= 0.3 is 0 Å². The topological polar surface area (TPSA) is 27.3 Å². The van der Waals surface area contributed by atoms with Crippen LogP contribution in [0.25, 0.3) is 0 Å². The second kappa shape index (κ2) is 5.20. The number of benzene rings is 1. The number of hydrogen-bond acceptors (Lipinski definition) is 2. The molecule has 1 heterocycles. The minimum atomic E-state index is -0.100. The highest BCUT2D eigenvalue weighted by Crippen LogP contribution is 2.44. The monoisotopic (exact) mass is 317 g/mol. The van der Waals surface area contributed by atoms with Crippen LogP contribution >= 0.6 is 12.2 Å². The zero-order chi connectivity index (χ0) is 16.1. The zero-order valence-electron chi connectivity index (χ0n) is 14.3. The maximum Gasteiger partial charge on any atom is 0.189 e. The molecule has 2 fully saturated rings. The van der Waals surface area contributed by atoms with E-state index in [-0.39, 0.29) is 5.66 Å². The molecule has 4 heteroatoms. The summed E-state index contributed by atoms with van der Waals surface area (Å²) in [5, 5.41) is 6.42. The van der Waals surface area contributed by atoms with Crippen molar-refractivity contribution in [2.45, 2.75) is 59.5 Å². The molecule has 1 aromatic rings. The highest BCUT2D eigenvalue weighted by Gasteiger charge is 2.48. The molecule has 22 heavy (non-hydrogen) atoms. The first-order valence-corrected chi connectivity index (χ1v) is 8.58. The number of anilines is 1. The first kappa shape index (κ1) is 15.8. The number of hydrogen-bond donors (Lipinski definition) is 2. The van der Waals surface area contributed by atoms with E-state index >= 15 is 0 Å². The fourth-order valence-corrected chi connectivity index (χ4v) is 4.70. The Hall–Kier alpha value is -1.13. The van der Waals surface area contributed by atoms with Gasteiger partial charge in [-0.1, -0.05) is 26.8 Å². The molecule has 2 N–H and O–H groups in total. The van der Waals surface area contributed by atoms with Gasteiger partial charge in [-0.2, -0.15) is 0 Å². The first-order valence-electron chi connectivity index (χ1n) is 8.17. The fraction of sp³-hybridized carbons (Fsp3) is 0.611. The first-order chi connectivity index (χ1) is 10.2. The van der Waals surface area contributed by atoms with Crippen molar-refractivity contribution in [3.05, 3.63) is 29.3 Å². The number of aryl methyl sites for hydroxylation is 2. The van der Waals surface area contributed by atoms with Gasteiger partial charge in [-0.3, -0.25) is 5.01 Å². The summed E-state index contributed by atoms with van der Waals surface area (Å²) in [5.41, 5.74) is 7.63. The van der Waals surface area contributed by atoms with E-state index in [1.165, 1.54) is 17.5 Å². The summed E-state index contributed by atoms with van der Waals surface area (Å²) in [5.74, 6) is 0.686. The SMILES string of the molecule is Cc1ccc(N2NC3(CC(C)CC(C)(C)C3)NC2=S)cc1C. The van der Waals surface area contributed by atoms with Crippen LogP contribution in [0.5, 0.6) is 0 Å². The molecule has 1 spiro atoms. The van der Waals surface area contributed by atoms with Crippen LogP contribution in [0.3, 0.4) is 0 Å². The van der Waals surface area contributed by atoms with Gasteiger partial charge in [0, 0.05) is 0 Å². The average Bonchev–Trinajstić information content (AvgIpc) is 2.66. The van der Waals surface area contributed by atoms with Crippen LogP contribution in [0.4, 0.5) is 5.69 Å². The van der Waals surface area contributed by atoms with Gasteiger partial charge in [0.25, 0.3) is 0 Å². The van der Waals surface area contributed by atoms with E-state index in [1.54, 1.807) is 0 Å². The third kappa shape index (κ3) is 2.86. The Morgan fingerprint density at radius 2 is 1.91 bits per heavy atom. The van der Waals surface area contributed by atoms with Crippen molar-refractivity contribution >= 4 is 23.0 Å². The van der Waals surface area contributed by atoms with Gasteiger partial charge in [-0.25, -0.2) is 5.43 Å². The van der Waals surface area contributed by atoms with E-state index in [2.05, 4.69) is 68.6 Å². The van der Waals surface area contributed by atoms with Crippen molar-refractivity contribution in [2.75, 3.05) is 5.01 Å². The molecule has 3 rings (SSSR count). The lowest BCUT2D eigenvalue weighted by Gasteiger charge is -2.45. The van der Waals surface area contributed by atoms with Gasteiger partial charge < -0.3 is 5.32 Å². The Bertz CT molecular complexity index is 610. The number of thiocarbonyl (C=S) groups is 1. The molecule has 2 atom stereocenters. The summed E-state index contributed by atoms with van der Waals surface area (Å²) in [4.78, 5) is 0. The standard InChI is InChI=1S/C18H27N3S/c1-12-9-17(4,5)11-18(10-12)19-16(22)21(20-18)15-7-6-13(2)14(3)8-15/h6-8,12,20H,9-11H2,1-5H3,(H,19,22). The van der Waals surface area contributed by atoms with Gasteiger partial charge in [0.1, 0.15) is 5.66 Å². The van der Waals surface area contributed by atoms with Crippen molar-refractivity contribution in [3.63, 3.8) is 0 Å². The molecular weight excluding hydrogens is 290 g/mol. The van der Waals surface area contributed by atoms with Crippen LogP contribution in [0.1, 0.15) is 51.2 Å². The Morgan fingerprint density at radius 3 is 2.55 bits per heavy atom. The molecule has 3 nitrogen and oxygen atoms in total. The molecule has 1 saturated carbocycles. The van der Waals surface area contributed by atoms with Crippen LogP contribution in [0.15, 0.2) is 18.2 Å². The maximum absolute atomic E-state index is 5.62. The number of nitrogens with zero attached hydrogens (tertiary/aromatic N) is 1. The smallest absolute Gasteiger partial charge is 0.189 e. The Kier molecular flexibility index (Phi) is 3.73. The van der Waals surface area contributed by atoms with Gasteiger partial charge in [-0.05, 0) is 79.9 Å². The highest BCUT2D eigenvalue weighted by molar-refractivity contribution is 7.80. The molecule has 0 aromatic heterocycles. The van der Waals surface area contributed by atoms with Crippen molar-refractivity contribution in [1.82, 2.24) is 10.7 Å². The fourth-order valence-electron chi connectivity index (χ4n) is 4.35. The van der Waals surface area contributed by atoms with Crippen molar-refractivity contribution in [2.24, 2.45) is 11.3 Å². The largest absolute Gasteiger partial charge is 0.342 e. The summed E-state index contributed by atoms with van der Waals surface area (Å²) < 4.78 is 0. The molecule has 2 aliphatic rings. The van der Waals surface area contributed by atoms with Gasteiger partial charge in [0.2, 0.25) is 0 Å². The van der Waals surface area contributed by atoms with Crippen LogP contribution in [-0.4, -0.2) is 10.8 Å². The van der Waals surface area contributed by atoms with Crippen LogP contribution in [0.2, 0.25) is 0 Å². The summed E-state index contributed by atoms with van der Waals surface area (Å²) >= 11 is 5.62. The summed E-state index contributed by atoms with van der Waals surface area (Å²) in [7, 11) is 0. The van der Waals surface area contributed by atoms with E-state index in [4.69, 9.17) is 12.2 Å². The Labute approximate surface area is 139 Å². The molecular formula is C18H27N3S. The Morgan fingerprint density at radius 1 is 1.18 bits per heavy atom. The lowest BCUT2D eigenvalue weighted by atomic mass is 9.68. The molecule has 0 radical (unpaired) electrons. The molecule has 1 saturated heterocycles. The molecule has 120 valence electrons. The number of nitrogens with one attached hydrogen (secondary N) is 2. The molecule has 1 aliphatic carbocycles.